The first-order valence-corrected chi connectivity index (χ1v) is 6.31. The Balaban J connectivity index is 1.95. The highest BCUT2D eigenvalue weighted by molar-refractivity contribution is 7.99. The molecule has 0 spiro atoms. The highest BCUT2D eigenvalue weighted by Gasteiger charge is 2.08. The number of ketones is 1. The quantitative estimate of drug-likeness (QED) is 0.606. The number of hydrogen-bond donors (Lipinski definition) is 0. The van der Waals surface area contributed by atoms with Gasteiger partial charge in [0.2, 0.25) is 0 Å². The molecule has 0 N–H and O–H groups in total. The molecule has 0 aromatic carbocycles. The Morgan fingerprint density at radius 2 is 2.53 bits per heavy atom. The van der Waals surface area contributed by atoms with Crippen molar-refractivity contribution in [2.45, 2.75) is 5.16 Å². The van der Waals surface area contributed by atoms with Gasteiger partial charge in [0.25, 0.3) is 0 Å². The van der Waals surface area contributed by atoms with Gasteiger partial charge in [-0.15, -0.1) is 11.3 Å². The van der Waals surface area contributed by atoms with Gasteiger partial charge in [0.1, 0.15) is 0 Å². The molecule has 0 fully saturated rings. The lowest BCUT2D eigenvalue weighted by molar-refractivity contribution is 0.102. The lowest BCUT2D eigenvalue weighted by Gasteiger charge is -1.99. The first-order valence-electron chi connectivity index (χ1n) is 4.44. The van der Waals surface area contributed by atoms with Crippen LogP contribution in [0.1, 0.15) is 9.67 Å². The average Bonchev–Trinajstić information content (AvgIpc) is 2.85. The molecule has 78 valence electrons. The standard InChI is InChI=1S/C10H10N2OS2/c1-12-5-4-11-10(12)15-7-8(13)9-3-2-6-14-9/h2-6H,7H2,1H3. The molecular formula is C10H10N2OS2. The number of carbonyl (C=O) groups is 1. The van der Waals surface area contributed by atoms with Crippen LogP contribution in [0, 0.1) is 0 Å². The minimum absolute atomic E-state index is 0.165. The van der Waals surface area contributed by atoms with Gasteiger partial charge in [0, 0.05) is 19.4 Å². The second-order valence-corrected chi connectivity index (χ2v) is 4.90. The summed E-state index contributed by atoms with van der Waals surface area (Å²) >= 11 is 2.95. The van der Waals surface area contributed by atoms with Gasteiger partial charge in [-0.2, -0.15) is 0 Å². The van der Waals surface area contributed by atoms with Crippen LogP contribution in [-0.4, -0.2) is 21.1 Å². The van der Waals surface area contributed by atoms with E-state index in [0.29, 0.717) is 5.75 Å². The van der Waals surface area contributed by atoms with Crippen LogP contribution in [0.25, 0.3) is 0 Å². The number of thioether (sulfide) groups is 1. The molecule has 0 aliphatic rings. The van der Waals surface area contributed by atoms with Gasteiger partial charge in [-0.25, -0.2) is 4.98 Å². The summed E-state index contributed by atoms with van der Waals surface area (Å²) < 4.78 is 1.91. The smallest absolute Gasteiger partial charge is 0.183 e. The van der Waals surface area contributed by atoms with E-state index in [1.807, 2.05) is 35.3 Å². The van der Waals surface area contributed by atoms with Crippen molar-refractivity contribution in [3.8, 4) is 0 Å². The zero-order valence-corrected chi connectivity index (χ0v) is 9.85. The molecule has 2 aromatic heterocycles. The molecule has 0 unspecified atom stereocenters. The summed E-state index contributed by atoms with van der Waals surface area (Å²) in [5, 5.41) is 2.79. The molecule has 2 aromatic rings. The van der Waals surface area contributed by atoms with Crippen LogP contribution in [-0.2, 0) is 7.05 Å². The second-order valence-electron chi connectivity index (χ2n) is 3.01. The van der Waals surface area contributed by atoms with E-state index in [0.717, 1.165) is 10.0 Å². The van der Waals surface area contributed by atoms with Gasteiger partial charge >= 0.3 is 0 Å². The van der Waals surface area contributed by atoms with Crippen molar-refractivity contribution in [1.29, 1.82) is 0 Å². The van der Waals surface area contributed by atoms with Crippen LogP contribution in [0.15, 0.2) is 35.1 Å². The number of rotatable bonds is 4. The molecule has 0 saturated heterocycles. The fourth-order valence-electron chi connectivity index (χ4n) is 1.13. The van der Waals surface area contributed by atoms with Crippen molar-refractivity contribution in [1.82, 2.24) is 9.55 Å². The van der Waals surface area contributed by atoms with Crippen LogP contribution in [0.3, 0.4) is 0 Å². The third-order valence-electron chi connectivity index (χ3n) is 1.91. The zero-order chi connectivity index (χ0) is 10.7. The number of aromatic nitrogens is 2. The Kier molecular flexibility index (Phi) is 3.23. The van der Waals surface area contributed by atoms with Gasteiger partial charge in [0.05, 0.1) is 10.6 Å². The number of hydrogen-bond acceptors (Lipinski definition) is 4. The molecule has 0 saturated carbocycles. The Morgan fingerprint density at radius 3 is 3.13 bits per heavy atom. The Bertz CT molecular complexity index is 448. The summed E-state index contributed by atoms with van der Waals surface area (Å²) in [6.07, 6.45) is 3.61. The lowest BCUT2D eigenvalue weighted by atomic mass is 10.4. The van der Waals surface area contributed by atoms with Gasteiger partial charge in [0.15, 0.2) is 10.9 Å². The minimum atomic E-state index is 0.165. The molecule has 2 rings (SSSR count). The molecule has 3 nitrogen and oxygen atoms in total. The Labute approximate surface area is 96.1 Å². The number of aryl methyl sites for hydroxylation is 1. The van der Waals surface area contributed by atoms with E-state index in [-0.39, 0.29) is 5.78 Å². The predicted octanol–water partition coefficient (Wildman–Crippen LogP) is 2.46. The maximum atomic E-state index is 11.7. The summed E-state index contributed by atoms with van der Waals surface area (Å²) in [6, 6.07) is 3.75. The van der Waals surface area contributed by atoms with E-state index >= 15 is 0 Å². The molecule has 0 atom stereocenters. The normalized spacial score (nSPS) is 10.5. The van der Waals surface area contributed by atoms with E-state index in [1.165, 1.54) is 23.1 Å². The molecular weight excluding hydrogens is 228 g/mol. The largest absolute Gasteiger partial charge is 0.329 e. The minimum Gasteiger partial charge on any atom is -0.329 e. The third-order valence-corrected chi connectivity index (χ3v) is 3.87. The molecule has 2 heterocycles. The monoisotopic (exact) mass is 238 g/mol. The number of carbonyl (C=O) groups excluding carboxylic acids is 1. The van der Waals surface area contributed by atoms with Crippen LogP contribution < -0.4 is 0 Å². The van der Waals surface area contributed by atoms with Gasteiger partial charge in [-0.05, 0) is 11.4 Å². The van der Waals surface area contributed by atoms with E-state index in [1.54, 1.807) is 6.20 Å². The van der Waals surface area contributed by atoms with Crippen LogP contribution >= 0.6 is 23.1 Å². The maximum Gasteiger partial charge on any atom is 0.183 e. The van der Waals surface area contributed by atoms with Crippen molar-refractivity contribution in [2.24, 2.45) is 7.05 Å². The molecule has 0 aliphatic carbocycles. The lowest BCUT2D eigenvalue weighted by Crippen LogP contribution is -2.01. The van der Waals surface area contributed by atoms with Crippen molar-refractivity contribution in [3.63, 3.8) is 0 Å². The Morgan fingerprint density at radius 1 is 1.67 bits per heavy atom. The predicted molar refractivity (Wildman–Crippen MR) is 62.6 cm³/mol. The summed E-state index contributed by atoms with van der Waals surface area (Å²) in [7, 11) is 1.92. The van der Waals surface area contributed by atoms with Crippen molar-refractivity contribution >= 4 is 28.9 Å². The van der Waals surface area contributed by atoms with Gasteiger partial charge in [-0.1, -0.05) is 17.8 Å². The van der Waals surface area contributed by atoms with E-state index < -0.39 is 0 Å². The van der Waals surface area contributed by atoms with Crippen molar-refractivity contribution < 1.29 is 4.79 Å². The third kappa shape index (κ3) is 2.49. The van der Waals surface area contributed by atoms with Crippen LogP contribution in [0.4, 0.5) is 0 Å². The summed E-state index contributed by atoms with van der Waals surface area (Å²) in [6.45, 7) is 0. The highest BCUT2D eigenvalue weighted by atomic mass is 32.2. The topological polar surface area (TPSA) is 34.9 Å². The second kappa shape index (κ2) is 4.63. The van der Waals surface area contributed by atoms with Gasteiger partial charge in [-0.3, -0.25) is 4.79 Å². The van der Waals surface area contributed by atoms with Crippen LogP contribution in [0.2, 0.25) is 0 Å². The molecule has 0 bridgehead atoms. The summed E-state index contributed by atoms with van der Waals surface area (Å²) in [4.78, 5) is 16.6. The van der Waals surface area contributed by atoms with Gasteiger partial charge < -0.3 is 4.57 Å². The molecule has 0 aliphatic heterocycles. The zero-order valence-electron chi connectivity index (χ0n) is 8.21. The molecule has 0 radical (unpaired) electrons. The fraction of sp³-hybridized carbons (Fsp3) is 0.200. The molecule has 5 heteroatoms. The summed E-state index contributed by atoms with van der Waals surface area (Å²) in [5.74, 6) is 0.615. The van der Waals surface area contributed by atoms with Crippen molar-refractivity contribution in [3.05, 3.63) is 34.8 Å². The average molecular weight is 238 g/mol. The molecule has 15 heavy (non-hydrogen) atoms. The number of Topliss-reactive ketones (excluding diaryl/α,β-unsaturated/α-hetero) is 1. The van der Waals surface area contributed by atoms with Crippen LogP contribution in [0.5, 0.6) is 0 Å². The fourth-order valence-corrected chi connectivity index (χ4v) is 2.70. The highest BCUT2D eigenvalue weighted by Crippen LogP contribution is 2.18. The van der Waals surface area contributed by atoms with E-state index in [4.69, 9.17) is 0 Å². The summed E-state index contributed by atoms with van der Waals surface area (Å²) in [5.41, 5.74) is 0. The van der Waals surface area contributed by atoms with E-state index in [2.05, 4.69) is 4.98 Å². The Hall–Kier alpha value is -1.07. The van der Waals surface area contributed by atoms with E-state index in [9.17, 15) is 4.79 Å². The first-order chi connectivity index (χ1) is 7.27. The number of nitrogens with zero attached hydrogens (tertiary/aromatic N) is 2. The molecule has 0 amide bonds. The number of thiophene rings is 1. The first kappa shape index (κ1) is 10.4. The number of imidazole rings is 1. The van der Waals surface area contributed by atoms with Crippen molar-refractivity contribution in [2.75, 3.05) is 5.75 Å². The maximum absolute atomic E-state index is 11.7. The SMILES string of the molecule is Cn1ccnc1SCC(=O)c1cccs1.